The molecule has 0 radical (unpaired) electrons. The van der Waals surface area contributed by atoms with E-state index in [2.05, 4.69) is 6.92 Å². The molecule has 0 spiro atoms. The molecule has 0 aromatic rings. The van der Waals surface area contributed by atoms with Crippen molar-refractivity contribution in [2.24, 2.45) is 0 Å². The molecule has 0 amide bonds. The van der Waals surface area contributed by atoms with E-state index < -0.39 is 11.6 Å². The summed E-state index contributed by atoms with van der Waals surface area (Å²) in [6, 6.07) is 0. The van der Waals surface area contributed by atoms with Crippen LogP contribution in [-0.2, 0) is 0 Å². The minimum absolute atomic E-state index is 0.441. The Morgan fingerprint density at radius 2 is 1.83 bits per heavy atom. The lowest BCUT2D eigenvalue weighted by Gasteiger charge is -2.22. The maximum absolute atomic E-state index is 9.16. The minimum Gasteiger partial charge on any atom is -0.387 e. The van der Waals surface area contributed by atoms with Gasteiger partial charge in [-0.25, -0.2) is 0 Å². The van der Waals surface area contributed by atoms with Crippen molar-refractivity contribution in [1.29, 1.82) is 0 Å². The van der Waals surface area contributed by atoms with Crippen LogP contribution in [0.2, 0.25) is 0 Å². The first-order valence-corrected chi connectivity index (χ1v) is 4.98. The molecule has 2 unspecified atom stereocenters. The van der Waals surface area contributed by atoms with Gasteiger partial charge in [0, 0.05) is 0 Å². The molecule has 0 saturated carbocycles. The van der Waals surface area contributed by atoms with E-state index in [1.807, 2.05) is 9.24 Å². The summed E-state index contributed by atoms with van der Waals surface area (Å²) in [5.41, 5.74) is -2.02. The molecule has 0 aromatic heterocycles. The number of aliphatic hydroxyl groups is 3. The normalized spacial score (nSPS) is 14.8. The van der Waals surface area contributed by atoms with E-state index in [1.54, 1.807) is 0 Å². The lowest BCUT2D eigenvalue weighted by atomic mass is 10.1. The van der Waals surface area contributed by atoms with Gasteiger partial charge in [-0.15, -0.1) is 0 Å². The third kappa shape index (κ3) is 5.90. The van der Waals surface area contributed by atoms with Gasteiger partial charge < -0.3 is 15.3 Å². The van der Waals surface area contributed by atoms with Gasteiger partial charge in [-0.3, -0.25) is 0 Å². The molecule has 0 aliphatic carbocycles. The van der Waals surface area contributed by atoms with Gasteiger partial charge in [0.05, 0.1) is 0 Å². The van der Waals surface area contributed by atoms with E-state index in [4.69, 9.17) is 15.3 Å². The van der Waals surface area contributed by atoms with Crippen molar-refractivity contribution < 1.29 is 15.3 Å². The molecule has 12 heavy (non-hydrogen) atoms. The maximum atomic E-state index is 9.16. The molecule has 74 valence electrons. The van der Waals surface area contributed by atoms with Crippen LogP contribution in [0.5, 0.6) is 0 Å². The molecule has 0 fully saturated rings. The molecule has 0 aliphatic rings. The third-order valence-corrected chi connectivity index (χ3v) is 2.21. The summed E-state index contributed by atoms with van der Waals surface area (Å²) < 4.78 is 0. The first-order valence-electron chi connectivity index (χ1n) is 4.40. The second kappa shape index (κ2) is 5.87. The summed E-state index contributed by atoms with van der Waals surface area (Å²) in [5, 5.41) is 27.0. The number of hydrogen-bond donors (Lipinski definition) is 3. The van der Waals surface area contributed by atoms with Gasteiger partial charge in [-0.05, 0) is 6.42 Å². The molecule has 0 rings (SSSR count). The predicted octanol–water partition coefficient (Wildman–Crippen LogP) is 0.831. The molecule has 3 nitrogen and oxygen atoms in total. The highest BCUT2D eigenvalue weighted by Gasteiger charge is 2.26. The van der Waals surface area contributed by atoms with Crippen molar-refractivity contribution in [3.8, 4) is 0 Å². The molecule has 0 heterocycles. The largest absolute Gasteiger partial charge is 0.387 e. The fourth-order valence-electron chi connectivity index (χ4n) is 0.977. The summed E-state index contributed by atoms with van der Waals surface area (Å²) in [6.07, 6.45) is 3.53. The van der Waals surface area contributed by atoms with Crippen LogP contribution in [0.4, 0.5) is 0 Å². The first kappa shape index (κ1) is 12.3. The molecule has 0 aliphatic heterocycles. The Morgan fingerprint density at radius 1 is 1.25 bits per heavy atom. The van der Waals surface area contributed by atoms with Crippen molar-refractivity contribution in [3.63, 3.8) is 0 Å². The van der Waals surface area contributed by atoms with Gasteiger partial charge in [0.25, 0.3) is 0 Å². The van der Waals surface area contributed by atoms with Crippen LogP contribution in [-0.4, -0.2) is 27.0 Å². The van der Waals surface area contributed by atoms with Crippen LogP contribution in [0.1, 0.15) is 39.0 Å². The Hall–Kier alpha value is 0.310. The lowest BCUT2D eigenvalue weighted by molar-refractivity contribution is -0.156. The highest BCUT2D eigenvalue weighted by molar-refractivity contribution is 7.18. The standard InChI is InChI=1S/C8H19O3P/c1-2-3-4-5-6-7(9)8(10,11)12/h7,9-11H,2-6,12H2,1H3. The van der Waals surface area contributed by atoms with Crippen LogP contribution in [0.25, 0.3) is 0 Å². The molecule has 4 heteroatoms. The molecule has 2 atom stereocenters. The highest BCUT2D eigenvalue weighted by atomic mass is 31.0. The van der Waals surface area contributed by atoms with Gasteiger partial charge in [-0.2, -0.15) is 0 Å². The molecular formula is C8H19O3P. The van der Waals surface area contributed by atoms with Crippen LogP contribution in [0.15, 0.2) is 0 Å². The monoisotopic (exact) mass is 194 g/mol. The Kier molecular flexibility index (Phi) is 6.02. The van der Waals surface area contributed by atoms with Crippen LogP contribution >= 0.6 is 9.24 Å². The summed E-state index contributed by atoms with van der Waals surface area (Å²) in [4.78, 5) is 0. The summed E-state index contributed by atoms with van der Waals surface area (Å²) in [6.45, 7) is 2.11. The second-order valence-electron chi connectivity index (χ2n) is 3.15. The number of unbranched alkanes of at least 4 members (excludes halogenated alkanes) is 3. The second-order valence-corrected chi connectivity index (χ2v) is 4.00. The SMILES string of the molecule is CCCCCCC(O)C(O)(O)P. The van der Waals surface area contributed by atoms with Crippen molar-refractivity contribution in [2.75, 3.05) is 0 Å². The molecule has 0 saturated heterocycles. The molecule has 0 aromatic carbocycles. The zero-order valence-corrected chi connectivity index (χ0v) is 8.69. The Balaban J connectivity index is 3.38. The summed E-state index contributed by atoms with van der Waals surface area (Å²) in [5.74, 6) is 0. The van der Waals surface area contributed by atoms with Crippen molar-refractivity contribution in [2.45, 2.75) is 50.7 Å². The average molecular weight is 194 g/mol. The van der Waals surface area contributed by atoms with Crippen molar-refractivity contribution >= 4 is 9.24 Å². The Labute approximate surface area is 76.0 Å². The molecule has 3 N–H and O–H groups in total. The number of hydrogen-bond acceptors (Lipinski definition) is 3. The van der Waals surface area contributed by atoms with Gasteiger partial charge >= 0.3 is 0 Å². The molecular weight excluding hydrogens is 175 g/mol. The van der Waals surface area contributed by atoms with Crippen LogP contribution in [0.3, 0.4) is 0 Å². The van der Waals surface area contributed by atoms with Gasteiger partial charge in [-0.1, -0.05) is 41.8 Å². The summed E-state index contributed by atoms with van der Waals surface area (Å²) >= 11 is 0. The number of rotatable bonds is 6. The van der Waals surface area contributed by atoms with E-state index in [9.17, 15) is 0 Å². The Bertz CT molecular complexity index is 111. The number of aliphatic hydroxyl groups excluding tert-OH is 1. The summed E-state index contributed by atoms with van der Waals surface area (Å²) in [7, 11) is 1.81. The third-order valence-electron chi connectivity index (χ3n) is 1.82. The lowest BCUT2D eigenvalue weighted by Crippen LogP contribution is -2.35. The highest BCUT2D eigenvalue weighted by Crippen LogP contribution is 2.19. The quantitative estimate of drug-likeness (QED) is 0.333. The zero-order chi connectivity index (χ0) is 9.61. The van der Waals surface area contributed by atoms with E-state index in [0.717, 1.165) is 25.7 Å². The van der Waals surface area contributed by atoms with Crippen LogP contribution < -0.4 is 0 Å². The fourth-order valence-corrected chi connectivity index (χ4v) is 1.14. The van der Waals surface area contributed by atoms with E-state index in [-0.39, 0.29) is 0 Å². The van der Waals surface area contributed by atoms with Gasteiger partial charge in [0.2, 0.25) is 5.53 Å². The van der Waals surface area contributed by atoms with Crippen molar-refractivity contribution in [3.05, 3.63) is 0 Å². The Morgan fingerprint density at radius 3 is 2.25 bits per heavy atom. The maximum Gasteiger partial charge on any atom is 0.202 e. The predicted molar refractivity (Wildman–Crippen MR) is 51.6 cm³/mol. The first-order chi connectivity index (χ1) is 5.48. The topological polar surface area (TPSA) is 60.7 Å². The molecule has 0 bridgehead atoms. The van der Waals surface area contributed by atoms with E-state index >= 15 is 0 Å². The fraction of sp³-hybridized carbons (Fsp3) is 1.00. The zero-order valence-electron chi connectivity index (χ0n) is 7.53. The smallest absolute Gasteiger partial charge is 0.202 e. The van der Waals surface area contributed by atoms with Crippen LogP contribution in [0, 0.1) is 0 Å². The average Bonchev–Trinajstić information content (AvgIpc) is 1.96. The van der Waals surface area contributed by atoms with E-state index in [1.165, 1.54) is 0 Å². The van der Waals surface area contributed by atoms with E-state index in [0.29, 0.717) is 6.42 Å². The van der Waals surface area contributed by atoms with Crippen molar-refractivity contribution in [1.82, 2.24) is 0 Å². The van der Waals surface area contributed by atoms with Gasteiger partial charge in [0.1, 0.15) is 6.10 Å². The minimum atomic E-state index is -2.02. The van der Waals surface area contributed by atoms with Gasteiger partial charge in [0.15, 0.2) is 0 Å².